The van der Waals surface area contributed by atoms with E-state index in [2.05, 4.69) is 57.2 Å². The minimum absolute atomic E-state index is 0.0684. The van der Waals surface area contributed by atoms with Gasteiger partial charge in [0.15, 0.2) is 6.10 Å². The van der Waals surface area contributed by atoms with Crippen molar-refractivity contribution in [1.29, 1.82) is 0 Å². The highest BCUT2D eigenvalue weighted by atomic mass is 16.6. The Morgan fingerprint density at radius 1 is 0.256 bits per heavy atom. The second-order valence-electron chi connectivity index (χ2n) is 23.8. The molecular weight excluding hydrogens is 961 g/mol. The summed E-state index contributed by atoms with van der Waals surface area (Å²) >= 11 is 0. The molecule has 0 saturated heterocycles. The van der Waals surface area contributed by atoms with Crippen LogP contribution in [0.15, 0.2) is 36.5 Å². The van der Waals surface area contributed by atoms with Gasteiger partial charge in [0.05, 0.1) is 0 Å². The average Bonchev–Trinajstić information content (AvgIpc) is 3.44. The number of hydrogen-bond acceptors (Lipinski definition) is 6. The Labute approximate surface area is 486 Å². The van der Waals surface area contributed by atoms with Crippen molar-refractivity contribution < 1.29 is 28.6 Å². The van der Waals surface area contributed by atoms with Crippen molar-refractivity contribution in [1.82, 2.24) is 0 Å². The van der Waals surface area contributed by atoms with Gasteiger partial charge in [-0.15, -0.1) is 0 Å². The Hall–Kier alpha value is -2.37. The summed E-state index contributed by atoms with van der Waals surface area (Å²) in [7, 11) is 0. The Morgan fingerprint density at radius 3 is 0.744 bits per heavy atom. The van der Waals surface area contributed by atoms with Gasteiger partial charge in [0, 0.05) is 19.3 Å². The van der Waals surface area contributed by atoms with Gasteiger partial charge < -0.3 is 14.2 Å². The molecule has 458 valence electrons. The molecule has 0 aromatic carbocycles. The van der Waals surface area contributed by atoms with Crippen LogP contribution in [0, 0.1) is 0 Å². The molecule has 0 heterocycles. The highest BCUT2D eigenvalue weighted by molar-refractivity contribution is 5.71. The third-order valence-corrected chi connectivity index (χ3v) is 15.9. The standard InChI is InChI=1S/C72H134O6/c1-4-7-10-13-16-19-22-25-27-29-31-32-33-34-35-36-37-38-39-40-42-43-45-47-50-53-56-59-62-65-71(74)77-68-69(67-76-70(73)64-61-58-55-52-49-24-21-18-15-12-9-6-3)78-72(75)66-63-60-57-54-51-48-46-44-41-30-28-26-23-20-17-14-11-8-5-2/h17,20,26,28-29,31,69H,4-16,18-19,21-25,27,30,32-68H2,1-3H3/b20-17-,28-26-,31-29-. The van der Waals surface area contributed by atoms with E-state index in [1.165, 1.54) is 283 Å². The lowest BCUT2D eigenvalue weighted by atomic mass is 10.0. The van der Waals surface area contributed by atoms with Crippen molar-refractivity contribution in [2.45, 2.75) is 393 Å². The Bertz CT molecular complexity index is 1300. The van der Waals surface area contributed by atoms with Gasteiger partial charge in [-0.1, -0.05) is 327 Å². The predicted octanol–water partition coefficient (Wildman–Crippen LogP) is 23.9. The van der Waals surface area contributed by atoms with Crippen molar-refractivity contribution in [2.75, 3.05) is 13.2 Å². The van der Waals surface area contributed by atoms with Crippen molar-refractivity contribution in [2.24, 2.45) is 0 Å². The van der Waals surface area contributed by atoms with Gasteiger partial charge in [0.1, 0.15) is 13.2 Å². The van der Waals surface area contributed by atoms with E-state index in [-0.39, 0.29) is 31.1 Å². The summed E-state index contributed by atoms with van der Waals surface area (Å²) in [6, 6.07) is 0. The second-order valence-corrected chi connectivity index (χ2v) is 23.8. The molecule has 0 saturated carbocycles. The van der Waals surface area contributed by atoms with E-state index in [1.807, 2.05) is 0 Å². The molecule has 1 unspecified atom stereocenters. The highest BCUT2D eigenvalue weighted by Gasteiger charge is 2.19. The van der Waals surface area contributed by atoms with Crippen LogP contribution in [0.5, 0.6) is 0 Å². The maximum atomic E-state index is 12.9. The summed E-state index contributed by atoms with van der Waals surface area (Å²) < 4.78 is 17.0. The van der Waals surface area contributed by atoms with Gasteiger partial charge in [0.2, 0.25) is 0 Å². The molecule has 6 nitrogen and oxygen atoms in total. The van der Waals surface area contributed by atoms with Gasteiger partial charge in [-0.2, -0.15) is 0 Å². The number of carbonyl (C=O) groups is 3. The van der Waals surface area contributed by atoms with Crippen molar-refractivity contribution in [3.63, 3.8) is 0 Å². The van der Waals surface area contributed by atoms with Gasteiger partial charge in [-0.3, -0.25) is 14.4 Å². The van der Waals surface area contributed by atoms with Crippen LogP contribution in [0.2, 0.25) is 0 Å². The molecule has 0 aliphatic heterocycles. The van der Waals surface area contributed by atoms with Crippen molar-refractivity contribution in [3.8, 4) is 0 Å². The first-order chi connectivity index (χ1) is 38.5. The predicted molar refractivity (Wildman–Crippen MR) is 339 cm³/mol. The molecule has 0 aromatic heterocycles. The molecule has 1 atom stereocenters. The molecule has 0 bridgehead atoms. The average molecular weight is 1100 g/mol. The van der Waals surface area contributed by atoms with E-state index in [4.69, 9.17) is 14.2 Å². The highest BCUT2D eigenvalue weighted by Crippen LogP contribution is 2.18. The fraction of sp³-hybridized carbons (Fsp3) is 0.875. The molecule has 0 rings (SSSR count). The molecule has 0 radical (unpaired) electrons. The summed E-state index contributed by atoms with van der Waals surface area (Å²) in [6.07, 6.45) is 83.2. The van der Waals surface area contributed by atoms with Gasteiger partial charge in [0.25, 0.3) is 0 Å². The fourth-order valence-corrected chi connectivity index (χ4v) is 10.6. The van der Waals surface area contributed by atoms with Crippen molar-refractivity contribution in [3.05, 3.63) is 36.5 Å². The first kappa shape index (κ1) is 75.6. The van der Waals surface area contributed by atoms with Crippen LogP contribution in [0.3, 0.4) is 0 Å². The summed E-state index contributed by atoms with van der Waals surface area (Å²) in [6.45, 7) is 6.67. The SMILES string of the molecule is CCCCC/C=C\C/C=C\CCCCCCCCCCCC(=O)OC(COC(=O)CCCCCCCCCCCCCC)COC(=O)CCCCCCCCCCCCCCCCCCC/C=C\CCCCCCCCCC. The topological polar surface area (TPSA) is 78.9 Å². The number of rotatable bonds is 65. The molecule has 0 aliphatic rings. The van der Waals surface area contributed by atoms with Gasteiger partial charge >= 0.3 is 17.9 Å². The van der Waals surface area contributed by atoms with Crippen LogP contribution >= 0.6 is 0 Å². The molecule has 0 spiro atoms. The first-order valence-electron chi connectivity index (χ1n) is 35.0. The smallest absolute Gasteiger partial charge is 0.306 e. The summed E-state index contributed by atoms with van der Waals surface area (Å²) in [5.74, 6) is -0.846. The minimum atomic E-state index is -0.772. The van der Waals surface area contributed by atoms with E-state index in [9.17, 15) is 14.4 Å². The summed E-state index contributed by atoms with van der Waals surface area (Å²) in [5.41, 5.74) is 0. The number of carbonyl (C=O) groups excluding carboxylic acids is 3. The lowest BCUT2D eigenvalue weighted by Gasteiger charge is -2.18. The Balaban J connectivity index is 4.16. The zero-order valence-corrected chi connectivity index (χ0v) is 52.7. The summed E-state index contributed by atoms with van der Waals surface area (Å²) in [4.78, 5) is 38.4. The maximum absolute atomic E-state index is 12.9. The Morgan fingerprint density at radius 2 is 0.462 bits per heavy atom. The van der Waals surface area contributed by atoms with E-state index in [1.54, 1.807) is 0 Å². The third-order valence-electron chi connectivity index (χ3n) is 15.9. The molecule has 0 aliphatic carbocycles. The molecular formula is C72H134O6. The largest absolute Gasteiger partial charge is 0.462 e. The van der Waals surface area contributed by atoms with E-state index >= 15 is 0 Å². The van der Waals surface area contributed by atoms with Crippen LogP contribution in [0.4, 0.5) is 0 Å². The normalized spacial score (nSPS) is 12.2. The number of hydrogen-bond donors (Lipinski definition) is 0. The maximum Gasteiger partial charge on any atom is 0.306 e. The zero-order chi connectivity index (χ0) is 56.4. The fourth-order valence-electron chi connectivity index (χ4n) is 10.6. The second kappa shape index (κ2) is 67.1. The van der Waals surface area contributed by atoms with Crippen LogP contribution in [-0.2, 0) is 28.6 Å². The Kier molecular flexibility index (Phi) is 65.1. The molecule has 0 aromatic rings. The van der Waals surface area contributed by atoms with Crippen LogP contribution < -0.4 is 0 Å². The van der Waals surface area contributed by atoms with Crippen molar-refractivity contribution >= 4 is 17.9 Å². The summed E-state index contributed by atoms with van der Waals surface area (Å²) in [5, 5.41) is 0. The van der Waals surface area contributed by atoms with Crippen LogP contribution in [-0.4, -0.2) is 37.2 Å². The van der Waals surface area contributed by atoms with Gasteiger partial charge in [-0.05, 0) is 77.0 Å². The molecule has 78 heavy (non-hydrogen) atoms. The van der Waals surface area contributed by atoms with Crippen LogP contribution in [0.1, 0.15) is 387 Å². The molecule has 0 amide bonds. The quantitative estimate of drug-likeness (QED) is 0.0261. The van der Waals surface area contributed by atoms with Crippen LogP contribution in [0.25, 0.3) is 0 Å². The molecule has 6 heteroatoms. The molecule has 0 N–H and O–H groups in total. The van der Waals surface area contributed by atoms with Gasteiger partial charge in [-0.25, -0.2) is 0 Å². The zero-order valence-electron chi connectivity index (χ0n) is 52.7. The number of esters is 3. The number of allylic oxidation sites excluding steroid dienone is 6. The lowest BCUT2D eigenvalue weighted by molar-refractivity contribution is -0.167. The van der Waals surface area contributed by atoms with E-state index < -0.39 is 6.10 Å². The number of unbranched alkanes of at least 4 members (excludes halogenated alkanes) is 48. The number of ether oxygens (including phenoxy) is 3. The lowest BCUT2D eigenvalue weighted by Crippen LogP contribution is -2.30. The third kappa shape index (κ3) is 64.5. The molecule has 0 fully saturated rings. The first-order valence-corrected chi connectivity index (χ1v) is 35.0. The minimum Gasteiger partial charge on any atom is -0.462 e. The van der Waals surface area contributed by atoms with E-state index in [0.717, 1.165) is 64.2 Å². The monoisotopic (exact) mass is 1100 g/mol. The van der Waals surface area contributed by atoms with E-state index in [0.29, 0.717) is 19.3 Å².